The van der Waals surface area contributed by atoms with Gasteiger partial charge >= 0.3 is 0 Å². The van der Waals surface area contributed by atoms with Crippen LogP contribution < -0.4 is 15.2 Å². The predicted molar refractivity (Wildman–Crippen MR) is 111 cm³/mol. The second kappa shape index (κ2) is 10.5. The minimum absolute atomic E-state index is 0.272. The van der Waals surface area contributed by atoms with Gasteiger partial charge in [-0.3, -0.25) is 4.79 Å². The molecule has 0 heterocycles. The Hall–Kier alpha value is -3.80. The van der Waals surface area contributed by atoms with Crippen molar-refractivity contribution in [1.29, 1.82) is 0 Å². The molecule has 0 radical (unpaired) electrons. The van der Waals surface area contributed by atoms with Gasteiger partial charge in [0.25, 0.3) is 5.91 Å². The fourth-order valence-electron chi connectivity index (χ4n) is 2.51. The summed E-state index contributed by atoms with van der Waals surface area (Å²) < 4.78 is 12.0. The molecule has 0 bridgehead atoms. The van der Waals surface area contributed by atoms with Gasteiger partial charge in [-0.1, -0.05) is 65.8 Å². The number of rotatable bonds is 10. The number of primary amides is 1. The Kier molecular flexibility index (Phi) is 7.23. The van der Waals surface area contributed by atoms with Crippen LogP contribution in [0.2, 0.25) is 0 Å². The van der Waals surface area contributed by atoms with Crippen molar-refractivity contribution < 1.29 is 19.1 Å². The SMILES string of the molecule is NC(=O)CON=Cc1ccc(OCc2ccccc2)c(OCc2ccccc2)c1. The molecule has 0 saturated heterocycles. The van der Waals surface area contributed by atoms with Gasteiger partial charge in [0.15, 0.2) is 18.1 Å². The van der Waals surface area contributed by atoms with Gasteiger partial charge in [-0.25, -0.2) is 0 Å². The van der Waals surface area contributed by atoms with Crippen LogP contribution in [0.5, 0.6) is 11.5 Å². The molecule has 3 rings (SSSR count). The summed E-state index contributed by atoms with van der Waals surface area (Å²) in [6.45, 7) is 0.561. The van der Waals surface area contributed by atoms with Gasteiger partial charge in [0.05, 0.1) is 6.21 Å². The number of amides is 1. The molecule has 1 amide bonds. The summed E-state index contributed by atoms with van der Waals surface area (Å²) >= 11 is 0. The average Bonchev–Trinajstić information content (AvgIpc) is 2.76. The number of oxime groups is 1. The van der Waals surface area contributed by atoms with Crippen LogP contribution in [0.4, 0.5) is 0 Å². The normalized spacial score (nSPS) is 10.6. The Morgan fingerprint density at radius 2 is 1.41 bits per heavy atom. The fourth-order valence-corrected chi connectivity index (χ4v) is 2.51. The molecule has 0 spiro atoms. The lowest BCUT2D eigenvalue weighted by Gasteiger charge is -2.14. The monoisotopic (exact) mass is 390 g/mol. The van der Waals surface area contributed by atoms with Crippen LogP contribution in [0.1, 0.15) is 16.7 Å². The van der Waals surface area contributed by atoms with Crippen LogP contribution in [0.3, 0.4) is 0 Å². The van der Waals surface area contributed by atoms with Crippen molar-refractivity contribution in [3.63, 3.8) is 0 Å². The number of nitrogens with zero attached hydrogens (tertiary/aromatic N) is 1. The molecule has 0 saturated carbocycles. The van der Waals surface area contributed by atoms with Crippen LogP contribution in [0.25, 0.3) is 0 Å². The van der Waals surface area contributed by atoms with E-state index in [-0.39, 0.29) is 6.61 Å². The maximum Gasteiger partial charge on any atom is 0.258 e. The molecule has 6 nitrogen and oxygen atoms in total. The highest BCUT2D eigenvalue weighted by molar-refractivity contribution is 5.80. The predicted octanol–water partition coefficient (Wildman–Crippen LogP) is 3.68. The van der Waals surface area contributed by atoms with Crippen LogP contribution >= 0.6 is 0 Å². The number of hydrogen-bond acceptors (Lipinski definition) is 5. The summed E-state index contributed by atoms with van der Waals surface area (Å²) in [6, 6.07) is 25.2. The molecular weight excluding hydrogens is 368 g/mol. The molecule has 0 aliphatic rings. The minimum atomic E-state index is -0.585. The number of ether oxygens (including phenoxy) is 2. The zero-order valence-electron chi connectivity index (χ0n) is 15.9. The van der Waals surface area contributed by atoms with E-state index in [4.69, 9.17) is 20.0 Å². The van der Waals surface area contributed by atoms with E-state index in [0.717, 1.165) is 16.7 Å². The van der Waals surface area contributed by atoms with Crippen molar-refractivity contribution in [1.82, 2.24) is 0 Å². The Balaban J connectivity index is 1.73. The highest BCUT2D eigenvalue weighted by Crippen LogP contribution is 2.29. The lowest BCUT2D eigenvalue weighted by Crippen LogP contribution is -2.16. The Labute approximate surface area is 169 Å². The third kappa shape index (κ3) is 6.70. The molecule has 148 valence electrons. The highest BCUT2D eigenvalue weighted by atomic mass is 16.6. The van der Waals surface area contributed by atoms with Gasteiger partial charge in [0, 0.05) is 5.56 Å². The van der Waals surface area contributed by atoms with Crippen LogP contribution in [0, 0.1) is 0 Å². The summed E-state index contributed by atoms with van der Waals surface area (Å²) in [5.41, 5.74) is 7.87. The number of benzene rings is 3. The standard InChI is InChI=1S/C23H22N2O4/c24-23(26)17-29-25-14-20-11-12-21(27-15-18-7-3-1-4-8-18)22(13-20)28-16-19-9-5-2-6-10-19/h1-14H,15-17H2,(H2,24,26). The quantitative estimate of drug-likeness (QED) is 0.423. The third-order valence-electron chi connectivity index (χ3n) is 3.93. The lowest BCUT2D eigenvalue weighted by molar-refractivity contribution is -0.122. The van der Waals surface area contributed by atoms with Crippen molar-refractivity contribution in [2.24, 2.45) is 10.9 Å². The molecule has 29 heavy (non-hydrogen) atoms. The first-order valence-electron chi connectivity index (χ1n) is 9.12. The molecule has 0 unspecified atom stereocenters. The first-order chi connectivity index (χ1) is 14.2. The largest absolute Gasteiger partial charge is 0.485 e. The molecule has 0 aromatic heterocycles. The molecule has 6 heteroatoms. The molecule has 3 aromatic rings. The zero-order chi connectivity index (χ0) is 20.3. The molecule has 0 atom stereocenters. The maximum absolute atomic E-state index is 10.7. The smallest absolute Gasteiger partial charge is 0.258 e. The summed E-state index contributed by atoms with van der Waals surface area (Å²) in [7, 11) is 0. The van der Waals surface area contributed by atoms with Crippen LogP contribution in [-0.4, -0.2) is 18.7 Å². The molecule has 3 aromatic carbocycles. The number of hydrogen-bond donors (Lipinski definition) is 1. The van der Waals surface area contributed by atoms with Crippen molar-refractivity contribution in [3.8, 4) is 11.5 Å². The van der Waals surface area contributed by atoms with E-state index in [1.807, 2.05) is 72.8 Å². The van der Waals surface area contributed by atoms with Crippen molar-refractivity contribution in [2.45, 2.75) is 13.2 Å². The van der Waals surface area contributed by atoms with Crippen LogP contribution in [-0.2, 0) is 22.8 Å². The Morgan fingerprint density at radius 1 is 0.828 bits per heavy atom. The van der Waals surface area contributed by atoms with Crippen molar-refractivity contribution >= 4 is 12.1 Å². The minimum Gasteiger partial charge on any atom is -0.485 e. The van der Waals surface area contributed by atoms with Crippen molar-refractivity contribution in [3.05, 3.63) is 95.6 Å². The second-order valence-electron chi connectivity index (χ2n) is 6.23. The van der Waals surface area contributed by atoms with Gasteiger partial charge in [-0.2, -0.15) is 0 Å². The van der Waals surface area contributed by atoms with Crippen molar-refractivity contribution in [2.75, 3.05) is 6.61 Å². The van der Waals surface area contributed by atoms with Gasteiger partial charge < -0.3 is 20.0 Å². The lowest BCUT2D eigenvalue weighted by atomic mass is 10.2. The average molecular weight is 390 g/mol. The Bertz CT molecular complexity index is 944. The molecule has 0 fully saturated rings. The van der Waals surface area contributed by atoms with E-state index < -0.39 is 5.91 Å². The third-order valence-corrected chi connectivity index (χ3v) is 3.93. The van der Waals surface area contributed by atoms with E-state index in [0.29, 0.717) is 24.7 Å². The summed E-state index contributed by atoms with van der Waals surface area (Å²) in [6.07, 6.45) is 1.49. The van der Waals surface area contributed by atoms with E-state index in [2.05, 4.69) is 5.16 Å². The Morgan fingerprint density at radius 3 is 2.00 bits per heavy atom. The topological polar surface area (TPSA) is 83.1 Å². The van der Waals surface area contributed by atoms with E-state index in [1.54, 1.807) is 6.07 Å². The van der Waals surface area contributed by atoms with Gasteiger partial charge in [-0.05, 0) is 29.3 Å². The maximum atomic E-state index is 10.7. The van der Waals surface area contributed by atoms with Gasteiger partial charge in [-0.15, -0.1) is 0 Å². The highest BCUT2D eigenvalue weighted by Gasteiger charge is 2.08. The molecular formula is C23H22N2O4. The van der Waals surface area contributed by atoms with Gasteiger partial charge in [0.1, 0.15) is 13.2 Å². The summed E-state index contributed by atoms with van der Waals surface area (Å²) in [4.78, 5) is 15.5. The molecule has 0 aliphatic carbocycles. The summed E-state index contributed by atoms with van der Waals surface area (Å²) in [5, 5.41) is 3.74. The van der Waals surface area contributed by atoms with Crippen LogP contribution in [0.15, 0.2) is 84.0 Å². The van der Waals surface area contributed by atoms with E-state index >= 15 is 0 Å². The first kappa shape index (κ1) is 19.9. The zero-order valence-corrected chi connectivity index (χ0v) is 15.9. The first-order valence-corrected chi connectivity index (χ1v) is 9.12. The number of nitrogens with two attached hydrogens (primary N) is 1. The molecule has 2 N–H and O–H groups in total. The summed E-state index contributed by atoms with van der Waals surface area (Å²) in [5.74, 6) is 0.627. The number of carbonyl (C=O) groups excluding carboxylic acids is 1. The molecule has 0 aliphatic heterocycles. The second-order valence-corrected chi connectivity index (χ2v) is 6.23. The fraction of sp³-hybridized carbons (Fsp3) is 0.130. The van der Waals surface area contributed by atoms with E-state index in [1.165, 1.54) is 6.21 Å². The van der Waals surface area contributed by atoms with E-state index in [9.17, 15) is 4.79 Å². The van der Waals surface area contributed by atoms with Gasteiger partial charge in [0.2, 0.25) is 0 Å². The number of carbonyl (C=O) groups is 1.